The number of aromatic nitrogens is 1. The fraction of sp³-hybridized carbons (Fsp3) is 0.500. The Morgan fingerprint density at radius 3 is 2.27 bits per heavy atom. The van der Waals surface area contributed by atoms with Gasteiger partial charge in [-0.15, -0.1) is 0 Å². The molecule has 0 aliphatic rings. The second-order valence-electron chi connectivity index (χ2n) is 5.66. The van der Waals surface area contributed by atoms with Crippen molar-refractivity contribution in [2.45, 2.75) is 46.1 Å². The van der Waals surface area contributed by atoms with E-state index >= 15 is 0 Å². The first-order chi connectivity index (χ1) is 10.7. The van der Waals surface area contributed by atoms with E-state index in [9.17, 15) is 4.79 Å². The molecule has 0 saturated carbocycles. The molecule has 1 aromatic heterocycles. The van der Waals surface area contributed by atoms with Gasteiger partial charge in [0.05, 0.1) is 5.69 Å². The quantitative estimate of drug-likeness (QED) is 0.738. The third-order valence-corrected chi connectivity index (χ3v) is 4.67. The van der Waals surface area contributed by atoms with Gasteiger partial charge in [0.1, 0.15) is 0 Å². The van der Waals surface area contributed by atoms with Gasteiger partial charge in [-0.25, -0.2) is 0 Å². The summed E-state index contributed by atoms with van der Waals surface area (Å²) in [5.41, 5.74) is 2.09. The van der Waals surface area contributed by atoms with Crippen molar-refractivity contribution in [2.75, 3.05) is 13.1 Å². The van der Waals surface area contributed by atoms with Crippen LogP contribution >= 0.6 is 11.3 Å². The third-order valence-electron chi connectivity index (χ3n) is 3.81. The zero-order valence-electron chi connectivity index (χ0n) is 13.6. The summed E-state index contributed by atoms with van der Waals surface area (Å²) in [6, 6.07) is 10.2. The zero-order chi connectivity index (χ0) is 15.8. The first-order valence-corrected chi connectivity index (χ1v) is 9.06. The van der Waals surface area contributed by atoms with Gasteiger partial charge in [-0.1, -0.05) is 68.4 Å². The summed E-state index contributed by atoms with van der Waals surface area (Å²) >= 11 is 1.35. The number of unbranched alkanes of at least 4 members (excludes halogenated alkanes) is 2. The van der Waals surface area contributed by atoms with Crippen LogP contribution in [0.3, 0.4) is 0 Å². The number of aromatic amines is 1. The van der Waals surface area contributed by atoms with Gasteiger partial charge in [0.2, 0.25) is 0 Å². The standard InChI is InChI=1S/C18H26N2OS/c1-3-5-12-20(13-6-4-2)14-16-17(19-18(21)22-16)15-10-8-7-9-11-15/h7-11H,3-6,12-14H2,1-2H3,(H,19,21). The Balaban J connectivity index is 2.18. The lowest BCUT2D eigenvalue weighted by Crippen LogP contribution is -2.25. The molecule has 3 nitrogen and oxygen atoms in total. The van der Waals surface area contributed by atoms with E-state index in [2.05, 4.69) is 35.9 Å². The Morgan fingerprint density at radius 1 is 1.05 bits per heavy atom. The number of nitrogens with one attached hydrogen (secondary N) is 1. The predicted octanol–water partition coefficient (Wildman–Crippen LogP) is 4.51. The van der Waals surface area contributed by atoms with Crippen molar-refractivity contribution < 1.29 is 0 Å². The van der Waals surface area contributed by atoms with E-state index in [0.29, 0.717) is 0 Å². The summed E-state index contributed by atoms with van der Waals surface area (Å²) in [5.74, 6) is 0. The summed E-state index contributed by atoms with van der Waals surface area (Å²) < 4.78 is 0. The SMILES string of the molecule is CCCCN(CCCC)Cc1sc(=O)[nH]c1-c1ccccc1. The number of nitrogens with zero attached hydrogens (tertiary/aromatic N) is 1. The largest absolute Gasteiger partial charge is 0.312 e. The third kappa shape index (κ3) is 4.82. The molecule has 0 aliphatic carbocycles. The van der Waals surface area contributed by atoms with Gasteiger partial charge in [-0.2, -0.15) is 0 Å². The number of benzene rings is 1. The lowest BCUT2D eigenvalue weighted by molar-refractivity contribution is 0.259. The Bertz CT molecular complexity index is 595. The van der Waals surface area contributed by atoms with Crippen LogP contribution in [0.1, 0.15) is 44.4 Å². The Morgan fingerprint density at radius 2 is 1.68 bits per heavy atom. The van der Waals surface area contributed by atoms with Crippen molar-refractivity contribution in [1.29, 1.82) is 0 Å². The number of hydrogen-bond donors (Lipinski definition) is 1. The van der Waals surface area contributed by atoms with Gasteiger partial charge < -0.3 is 4.98 Å². The minimum Gasteiger partial charge on any atom is -0.312 e. The molecule has 0 bridgehead atoms. The molecule has 2 rings (SSSR count). The number of hydrogen-bond acceptors (Lipinski definition) is 3. The van der Waals surface area contributed by atoms with Crippen LogP contribution in [0, 0.1) is 0 Å². The Kier molecular flexibility index (Phi) is 6.87. The highest BCUT2D eigenvalue weighted by Gasteiger charge is 2.13. The van der Waals surface area contributed by atoms with E-state index in [0.717, 1.165) is 35.8 Å². The van der Waals surface area contributed by atoms with Crippen LogP contribution in [-0.4, -0.2) is 23.0 Å². The fourth-order valence-electron chi connectivity index (χ4n) is 2.55. The summed E-state index contributed by atoms with van der Waals surface area (Å²) in [6.07, 6.45) is 4.84. The Labute approximate surface area is 137 Å². The lowest BCUT2D eigenvalue weighted by atomic mass is 10.1. The fourth-order valence-corrected chi connectivity index (χ4v) is 3.44. The number of H-pyrrole nitrogens is 1. The van der Waals surface area contributed by atoms with Gasteiger partial charge in [-0.05, 0) is 31.5 Å². The van der Waals surface area contributed by atoms with E-state index in [1.54, 1.807) is 0 Å². The molecule has 0 amide bonds. The summed E-state index contributed by atoms with van der Waals surface area (Å²) in [4.78, 5) is 18.5. The Hall–Kier alpha value is -1.39. The van der Waals surface area contributed by atoms with Gasteiger partial charge >= 0.3 is 4.87 Å². The highest BCUT2D eigenvalue weighted by atomic mass is 32.1. The van der Waals surface area contributed by atoms with Crippen LogP contribution in [-0.2, 0) is 6.54 Å². The molecule has 0 atom stereocenters. The molecular weight excluding hydrogens is 292 g/mol. The molecule has 0 radical (unpaired) electrons. The summed E-state index contributed by atoms with van der Waals surface area (Å²) in [6.45, 7) is 7.53. The molecule has 2 aromatic rings. The average molecular weight is 318 g/mol. The molecule has 120 valence electrons. The molecule has 0 aliphatic heterocycles. The minimum absolute atomic E-state index is 0.0415. The van der Waals surface area contributed by atoms with E-state index in [1.807, 2.05) is 18.2 Å². The molecule has 0 saturated heterocycles. The first kappa shape index (κ1) is 17.0. The maximum atomic E-state index is 11.8. The topological polar surface area (TPSA) is 36.1 Å². The smallest absolute Gasteiger partial charge is 0.305 e. The van der Waals surface area contributed by atoms with Crippen LogP contribution in [0.25, 0.3) is 11.3 Å². The maximum absolute atomic E-state index is 11.8. The second-order valence-corrected chi connectivity index (χ2v) is 6.73. The second kappa shape index (κ2) is 8.91. The predicted molar refractivity (Wildman–Crippen MR) is 95.5 cm³/mol. The van der Waals surface area contributed by atoms with Crippen molar-refractivity contribution in [3.63, 3.8) is 0 Å². The first-order valence-electron chi connectivity index (χ1n) is 8.24. The van der Waals surface area contributed by atoms with Crippen LogP contribution in [0.15, 0.2) is 35.1 Å². The molecule has 22 heavy (non-hydrogen) atoms. The van der Waals surface area contributed by atoms with Crippen LogP contribution in [0.2, 0.25) is 0 Å². The van der Waals surface area contributed by atoms with Crippen molar-refractivity contribution in [3.8, 4) is 11.3 Å². The van der Waals surface area contributed by atoms with Gasteiger partial charge in [-0.3, -0.25) is 9.69 Å². The van der Waals surface area contributed by atoms with Crippen molar-refractivity contribution in [3.05, 3.63) is 44.9 Å². The molecule has 1 heterocycles. The van der Waals surface area contributed by atoms with Crippen LogP contribution in [0.5, 0.6) is 0 Å². The summed E-state index contributed by atoms with van der Waals surface area (Å²) in [7, 11) is 0. The molecule has 0 unspecified atom stereocenters. The maximum Gasteiger partial charge on any atom is 0.305 e. The van der Waals surface area contributed by atoms with Gasteiger partial charge in [0, 0.05) is 11.4 Å². The molecule has 0 fully saturated rings. The van der Waals surface area contributed by atoms with Crippen molar-refractivity contribution >= 4 is 11.3 Å². The lowest BCUT2D eigenvalue weighted by Gasteiger charge is -2.21. The minimum atomic E-state index is 0.0415. The monoisotopic (exact) mass is 318 g/mol. The molecule has 0 spiro atoms. The van der Waals surface area contributed by atoms with Gasteiger partial charge in [0.25, 0.3) is 0 Å². The summed E-state index contributed by atoms with van der Waals surface area (Å²) in [5, 5.41) is 0. The highest BCUT2D eigenvalue weighted by molar-refractivity contribution is 7.09. The van der Waals surface area contributed by atoms with E-state index in [1.165, 1.54) is 37.0 Å². The van der Waals surface area contributed by atoms with E-state index in [4.69, 9.17) is 0 Å². The highest BCUT2D eigenvalue weighted by Crippen LogP contribution is 2.24. The van der Waals surface area contributed by atoms with E-state index in [-0.39, 0.29) is 4.87 Å². The molecule has 1 N–H and O–H groups in total. The van der Waals surface area contributed by atoms with E-state index < -0.39 is 0 Å². The average Bonchev–Trinajstić information content (AvgIpc) is 2.91. The van der Waals surface area contributed by atoms with Crippen LogP contribution in [0.4, 0.5) is 0 Å². The van der Waals surface area contributed by atoms with Gasteiger partial charge in [0.15, 0.2) is 0 Å². The molecular formula is C18H26N2OS. The zero-order valence-corrected chi connectivity index (χ0v) is 14.4. The number of thiazole rings is 1. The van der Waals surface area contributed by atoms with Crippen molar-refractivity contribution in [1.82, 2.24) is 9.88 Å². The number of rotatable bonds is 9. The van der Waals surface area contributed by atoms with Crippen LogP contribution < -0.4 is 4.87 Å². The molecule has 1 aromatic carbocycles. The molecule has 4 heteroatoms. The van der Waals surface area contributed by atoms with Crippen molar-refractivity contribution in [2.24, 2.45) is 0 Å². The normalized spacial score (nSPS) is 11.2.